The highest BCUT2D eigenvalue weighted by Gasteiger charge is 2.43. The van der Waals surface area contributed by atoms with Crippen molar-refractivity contribution >= 4 is 70.4 Å². The zero-order valence-corrected chi connectivity index (χ0v) is 49.8. The average Bonchev–Trinajstić information content (AvgIpc) is 4.06. The topological polar surface area (TPSA) is 268 Å². The molecule has 22 heteroatoms. The SMILES string of the molecule is CCCCCCCCC(NC(=O)[C@@H]1CCCN1C(=O)c1cccs1)C(=O)NCC(=O)N(C(C)C)C(C)(C)C(=O)NCC(=O)N(C(C)C)C(CC(C)C)C(=O)NC(C)(C)C(=O)NC(C)(C)C(=O)NCCC(=O)NCCN(C)C. The third-order valence-electron chi connectivity index (χ3n) is 13.5. The van der Waals surface area contributed by atoms with E-state index in [0.717, 1.165) is 32.1 Å². The molecule has 1 saturated heterocycles. The second-order valence-electron chi connectivity index (χ2n) is 23.0. The van der Waals surface area contributed by atoms with Crippen molar-refractivity contribution in [3.8, 4) is 0 Å². The fourth-order valence-corrected chi connectivity index (χ4v) is 9.94. The van der Waals surface area contributed by atoms with Crippen LogP contribution in [0.4, 0.5) is 0 Å². The number of unbranched alkanes of at least 4 members (excludes halogenated alkanes) is 5. The number of carbonyl (C=O) groups excluding carboxylic acids is 10. The summed E-state index contributed by atoms with van der Waals surface area (Å²) in [6, 6.07) is -0.415. The van der Waals surface area contributed by atoms with Gasteiger partial charge in [0, 0.05) is 44.7 Å². The summed E-state index contributed by atoms with van der Waals surface area (Å²) in [6.45, 7) is 22.3. The maximum absolute atomic E-state index is 14.2. The molecule has 2 heterocycles. The van der Waals surface area contributed by atoms with Crippen molar-refractivity contribution < 1.29 is 47.9 Å². The molecular formula is C55H95N11O10S. The Bertz CT molecular complexity index is 2140. The van der Waals surface area contributed by atoms with E-state index < -0.39 is 107 Å². The van der Waals surface area contributed by atoms with Crippen LogP contribution in [0.15, 0.2) is 17.5 Å². The van der Waals surface area contributed by atoms with Crippen molar-refractivity contribution in [3.63, 3.8) is 0 Å². The summed E-state index contributed by atoms with van der Waals surface area (Å²) in [7, 11) is 3.78. The lowest BCUT2D eigenvalue weighted by Crippen LogP contribution is -2.65. The van der Waals surface area contributed by atoms with Gasteiger partial charge in [-0.1, -0.05) is 65.4 Å². The Labute approximate surface area is 462 Å². The Morgan fingerprint density at radius 1 is 0.714 bits per heavy atom. The van der Waals surface area contributed by atoms with E-state index in [4.69, 9.17) is 0 Å². The van der Waals surface area contributed by atoms with Crippen molar-refractivity contribution in [3.05, 3.63) is 22.4 Å². The zero-order valence-electron chi connectivity index (χ0n) is 49.0. The molecule has 2 unspecified atom stereocenters. The first-order valence-corrected chi connectivity index (χ1v) is 28.5. The standard InChI is InChI=1S/C55H95N11O10S/c1-16-17-18-19-20-21-24-39(60-47(71)40-25-22-30-64(40)49(73)42-26-23-32-77-42)46(70)58-35-45(69)66(38(6)7)55(12,13)52(76)59-34-44(68)65(37(4)5)41(33-36(2)3)48(72)61-54(10,11)51(75)62-53(8,9)50(74)57-28-27-43(67)56-29-31-63(14)15/h23,26,32,36-41H,16-22,24-25,27-31,33-35H2,1-15H3,(H,56,67)(H,57,74)(H,58,70)(H,59,76)(H,60,71)(H,61,72)(H,62,75)/t39?,40-,41?/m0/s1. The van der Waals surface area contributed by atoms with Gasteiger partial charge in [-0.25, -0.2) is 0 Å². The van der Waals surface area contributed by atoms with Crippen LogP contribution in [-0.4, -0.2) is 179 Å². The molecule has 0 aromatic carbocycles. The Kier molecular flexibility index (Phi) is 27.8. The minimum atomic E-state index is -1.57. The number of hydrogen-bond acceptors (Lipinski definition) is 12. The van der Waals surface area contributed by atoms with Crippen molar-refractivity contribution in [2.24, 2.45) is 5.92 Å². The normalized spacial score (nSPS) is 14.7. The Morgan fingerprint density at radius 3 is 1.92 bits per heavy atom. The van der Waals surface area contributed by atoms with Gasteiger partial charge in [0.2, 0.25) is 53.2 Å². The Hall–Kier alpha value is -5.64. The summed E-state index contributed by atoms with van der Waals surface area (Å²) in [5, 5.41) is 21.0. The van der Waals surface area contributed by atoms with E-state index in [0.29, 0.717) is 50.2 Å². The fraction of sp³-hybridized carbons (Fsp3) is 0.745. The molecular weight excluding hydrogens is 1010 g/mol. The average molecular weight is 1100 g/mol. The second-order valence-corrected chi connectivity index (χ2v) is 23.9. The van der Waals surface area contributed by atoms with E-state index in [1.54, 1.807) is 50.1 Å². The van der Waals surface area contributed by atoms with Gasteiger partial charge in [-0.3, -0.25) is 47.9 Å². The Morgan fingerprint density at radius 2 is 1.34 bits per heavy atom. The van der Waals surface area contributed by atoms with Crippen molar-refractivity contribution in [2.75, 3.05) is 53.4 Å². The van der Waals surface area contributed by atoms with Crippen LogP contribution in [0.1, 0.15) is 170 Å². The van der Waals surface area contributed by atoms with E-state index in [2.05, 4.69) is 44.1 Å². The van der Waals surface area contributed by atoms with Crippen LogP contribution in [0, 0.1) is 5.92 Å². The van der Waals surface area contributed by atoms with Crippen LogP contribution < -0.4 is 37.2 Å². The van der Waals surface area contributed by atoms with Gasteiger partial charge in [0.1, 0.15) is 34.7 Å². The molecule has 0 radical (unpaired) electrons. The lowest BCUT2D eigenvalue weighted by Gasteiger charge is -2.41. The number of likely N-dealkylation sites (tertiary alicyclic amines) is 1. The molecule has 2 rings (SSSR count). The van der Waals surface area contributed by atoms with Gasteiger partial charge in [0.25, 0.3) is 5.91 Å². The highest BCUT2D eigenvalue weighted by atomic mass is 32.1. The number of nitrogens with zero attached hydrogens (tertiary/aromatic N) is 4. The molecule has 1 aromatic heterocycles. The van der Waals surface area contributed by atoms with Gasteiger partial charge >= 0.3 is 0 Å². The smallest absolute Gasteiger partial charge is 0.264 e. The van der Waals surface area contributed by atoms with Gasteiger partial charge in [0.05, 0.1) is 18.0 Å². The summed E-state index contributed by atoms with van der Waals surface area (Å²) < 4.78 is 0. The summed E-state index contributed by atoms with van der Waals surface area (Å²) in [5.74, 6) is -5.27. The molecule has 21 nitrogen and oxygen atoms in total. The highest BCUT2D eigenvalue weighted by Crippen LogP contribution is 2.24. The van der Waals surface area contributed by atoms with E-state index in [9.17, 15) is 47.9 Å². The predicted molar refractivity (Wildman–Crippen MR) is 299 cm³/mol. The number of amides is 10. The van der Waals surface area contributed by atoms with Gasteiger partial charge in [0.15, 0.2) is 0 Å². The quantitative estimate of drug-likeness (QED) is 0.0501. The van der Waals surface area contributed by atoms with Crippen molar-refractivity contribution in [1.29, 1.82) is 0 Å². The van der Waals surface area contributed by atoms with E-state index in [1.807, 2.05) is 32.8 Å². The predicted octanol–water partition coefficient (Wildman–Crippen LogP) is 3.46. The molecule has 3 atom stereocenters. The summed E-state index contributed by atoms with van der Waals surface area (Å²) in [4.78, 5) is 143. The summed E-state index contributed by atoms with van der Waals surface area (Å²) >= 11 is 1.30. The number of hydrogen-bond donors (Lipinski definition) is 7. The molecule has 77 heavy (non-hydrogen) atoms. The molecule has 1 aliphatic rings. The summed E-state index contributed by atoms with van der Waals surface area (Å²) in [6.07, 6.45) is 7.35. The first-order valence-electron chi connectivity index (χ1n) is 27.6. The van der Waals surface area contributed by atoms with E-state index in [1.165, 1.54) is 62.7 Å². The van der Waals surface area contributed by atoms with Crippen molar-refractivity contribution in [1.82, 2.24) is 56.8 Å². The minimum Gasteiger partial charge on any atom is -0.355 e. The van der Waals surface area contributed by atoms with Crippen LogP contribution in [0.3, 0.4) is 0 Å². The molecule has 1 aliphatic heterocycles. The van der Waals surface area contributed by atoms with E-state index >= 15 is 0 Å². The van der Waals surface area contributed by atoms with Crippen LogP contribution in [-0.2, 0) is 43.2 Å². The van der Waals surface area contributed by atoms with Crippen LogP contribution in [0.25, 0.3) is 0 Å². The maximum Gasteiger partial charge on any atom is 0.264 e. The molecule has 0 spiro atoms. The fourth-order valence-electron chi connectivity index (χ4n) is 9.26. The number of rotatable bonds is 33. The van der Waals surface area contributed by atoms with Crippen LogP contribution in [0.2, 0.25) is 0 Å². The highest BCUT2D eigenvalue weighted by molar-refractivity contribution is 7.12. The first-order chi connectivity index (χ1) is 35.9. The molecule has 0 saturated carbocycles. The van der Waals surface area contributed by atoms with Crippen LogP contribution >= 0.6 is 11.3 Å². The first kappa shape index (κ1) is 67.5. The van der Waals surface area contributed by atoms with Crippen LogP contribution in [0.5, 0.6) is 0 Å². The lowest BCUT2D eigenvalue weighted by atomic mass is 9.96. The van der Waals surface area contributed by atoms with Gasteiger partial charge in [-0.05, 0) is 126 Å². The Balaban J connectivity index is 2.18. The number of carbonyl (C=O) groups is 10. The number of thiophene rings is 1. The molecule has 436 valence electrons. The molecule has 7 N–H and O–H groups in total. The molecule has 10 amide bonds. The molecule has 0 aliphatic carbocycles. The zero-order chi connectivity index (χ0) is 58.4. The second kappa shape index (κ2) is 31.7. The largest absolute Gasteiger partial charge is 0.355 e. The molecule has 1 aromatic rings. The summed E-state index contributed by atoms with van der Waals surface area (Å²) in [5.41, 5.74) is -4.56. The number of likely N-dealkylation sites (N-methyl/N-ethyl adjacent to an activating group) is 1. The van der Waals surface area contributed by atoms with E-state index in [-0.39, 0.29) is 37.1 Å². The van der Waals surface area contributed by atoms with Gasteiger partial charge in [-0.2, -0.15) is 0 Å². The van der Waals surface area contributed by atoms with Gasteiger partial charge in [-0.15, -0.1) is 11.3 Å². The number of nitrogens with one attached hydrogen (secondary N) is 7. The monoisotopic (exact) mass is 1100 g/mol. The van der Waals surface area contributed by atoms with Crippen molar-refractivity contribution in [2.45, 2.75) is 207 Å². The van der Waals surface area contributed by atoms with Gasteiger partial charge < -0.3 is 56.8 Å². The lowest BCUT2D eigenvalue weighted by molar-refractivity contribution is -0.150. The maximum atomic E-state index is 14.2. The molecule has 0 bridgehead atoms. The third kappa shape index (κ3) is 21.6. The third-order valence-corrected chi connectivity index (χ3v) is 14.3. The molecule has 1 fully saturated rings. The minimum absolute atomic E-state index is 0.0413.